The van der Waals surface area contributed by atoms with Crippen LogP contribution in [-0.2, 0) is 10.0 Å². The largest absolute Gasteiger partial charge is 0.265 e. The standard InChI is InChI=1S/C16H20N2O2S/c1-4-13(2)14-8-10-15(11-9-14)21(19,20)18(3)16-7-5-6-12-17-16/h5-13H,4H2,1-3H3. The lowest BCUT2D eigenvalue weighted by atomic mass is 9.99. The fraction of sp³-hybridized carbons (Fsp3) is 0.312. The van der Waals surface area contributed by atoms with Crippen LogP contribution in [0, 0.1) is 0 Å². The average Bonchev–Trinajstić information content (AvgIpc) is 2.54. The SMILES string of the molecule is CCC(C)c1ccc(S(=O)(=O)N(C)c2ccccn2)cc1. The zero-order valence-electron chi connectivity index (χ0n) is 12.5. The van der Waals surface area contributed by atoms with Crippen LogP contribution in [0.2, 0.25) is 0 Å². The van der Waals surface area contributed by atoms with Gasteiger partial charge in [0, 0.05) is 13.2 Å². The second-order valence-electron chi connectivity index (χ2n) is 5.04. The van der Waals surface area contributed by atoms with Crippen molar-refractivity contribution in [3.8, 4) is 0 Å². The van der Waals surface area contributed by atoms with Gasteiger partial charge in [-0.2, -0.15) is 0 Å². The number of hydrogen-bond donors (Lipinski definition) is 0. The maximum atomic E-state index is 12.6. The molecule has 1 atom stereocenters. The van der Waals surface area contributed by atoms with Crippen LogP contribution < -0.4 is 4.31 Å². The maximum absolute atomic E-state index is 12.6. The Morgan fingerprint density at radius 1 is 1.14 bits per heavy atom. The molecule has 5 heteroatoms. The van der Waals surface area contributed by atoms with Crippen LogP contribution in [0.25, 0.3) is 0 Å². The highest BCUT2D eigenvalue weighted by molar-refractivity contribution is 7.92. The van der Waals surface area contributed by atoms with Crippen molar-refractivity contribution in [3.63, 3.8) is 0 Å². The van der Waals surface area contributed by atoms with Gasteiger partial charge in [-0.05, 0) is 42.2 Å². The summed E-state index contributed by atoms with van der Waals surface area (Å²) in [5, 5.41) is 0. The molecule has 2 rings (SSSR count). The average molecular weight is 304 g/mol. The number of hydrogen-bond acceptors (Lipinski definition) is 3. The van der Waals surface area contributed by atoms with Crippen molar-refractivity contribution in [3.05, 3.63) is 54.2 Å². The van der Waals surface area contributed by atoms with Crippen LogP contribution in [0.15, 0.2) is 53.6 Å². The molecule has 0 amide bonds. The second-order valence-corrected chi connectivity index (χ2v) is 7.01. The summed E-state index contributed by atoms with van der Waals surface area (Å²) in [7, 11) is -2.06. The van der Waals surface area contributed by atoms with Crippen LogP contribution in [0.5, 0.6) is 0 Å². The molecule has 2 aromatic rings. The second kappa shape index (κ2) is 6.26. The van der Waals surface area contributed by atoms with Gasteiger partial charge in [-0.25, -0.2) is 13.4 Å². The number of sulfonamides is 1. The van der Waals surface area contributed by atoms with E-state index in [0.29, 0.717) is 11.7 Å². The molecular weight excluding hydrogens is 284 g/mol. The summed E-state index contributed by atoms with van der Waals surface area (Å²) in [6.07, 6.45) is 2.60. The number of rotatable bonds is 5. The first-order valence-electron chi connectivity index (χ1n) is 6.96. The van der Waals surface area contributed by atoms with Gasteiger partial charge in [-0.15, -0.1) is 0 Å². The van der Waals surface area contributed by atoms with Gasteiger partial charge in [0.15, 0.2) is 0 Å². The first kappa shape index (κ1) is 15.5. The van der Waals surface area contributed by atoms with Crippen molar-refractivity contribution in [2.45, 2.75) is 31.1 Å². The summed E-state index contributed by atoms with van der Waals surface area (Å²) < 4.78 is 26.3. The maximum Gasteiger partial charge on any atom is 0.265 e. The van der Waals surface area contributed by atoms with Crippen LogP contribution in [0.3, 0.4) is 0 Å². The van der Waals surface area contributed by atoms with Gasteiger partial charge < -0.3 is 0 Å². The molecule has 0 aliphatic rings. The summed E-state index contributed by atoms with van der Waals surface area (Å²) in [6, 6.07) is 12.3. The molecule has 1 heterocycles. The molecule has 4 nitrogen and oxygen atoms in total. The molecule has 112 valence electrons. The Balaban J connectivity index is 2.32. The summed E-state index contributed by atoms with van der Waals surface area (Å²) in [5.74, 6) is 0.832. The normalized spacial score (nSPS) is 12.9. The molecule has 0 radical (unpaired) electrons. The number of aromatic nitrogens is 1. The van der Waals surface area contributed by atoms with Gasteiger partial charge in [-0.1, -0.05) is 32.0 Å². The summed E-state index contributed by atoms with van der Waals surface area (Å²) >= 11 is 0. The summed E-state index contributed by atoms with van der Waals surface area (Å²) in [6.45, 7) is 4.24. The lowest BCUT2D eigenvalue weighted by Crippen LogP contribution is -2.27. The van der Waals surface area contributed by atoms with E-state index in [2.05, 4.69) is 18.8 Å². The van der Waals surface area contributed by atoms with Gasteiger partial charge in [0.2, 0.25) is 0 Å². The topological polar surface area (TPSA) is 50.3 Å². The van der Waals surface area contributed by atoms with E-state index in [1.807, 2.05) is 12.1 Å². The van der Waals surface area contributed by atoms with E-state index in [1.165, 1.54) is 11.4 Å². The molecule has 1 unspecified atom stereocenters. The third-order valence-electron chi connectivity index (χ3n) is 3.69. The van der Waals surface area contributed by atoms with Gasteiger partial charge >= 0.3 is 0 Å². The molecule has 0 fully saturated rings. The summed E-state index contributed by atoms with van der Waals surface area (Å²) in [4.78, 5) is 4.36. The third kappa shape index (κ3) is 3.24. The number of pyridine rings is 1. The molecule has 0 N–H and O–H groups in total. The zero-order chi connectivity index (χ0) is 15.5. The Hall–Kier alpha value is -1.88. The van der Waals surface area contributed by atoms with E-state index in [0.717, 1.165) is 12.0 Å². The van der Waals surface area contributed by atoms with E-state index in [-0.39, 0.29) is 4.90 Å². The first-order chi connectivity index (χ1) is 9.96. The fourth-order valence-corrected chi connectivity index (χ4v) is 3.18. The third-order valence-corrected chi connectivity index (χ3v) is 5.47. The van der Waals surface area contributed by atoms with Crippen molar-refractivity contribution in [2.75, 3.05) is 11.4 Å². The quantitative estimate of drug-likeness (QED) is 0.850. The zero-order valence-corrected chi connectivity index (χ0v) is 13.3. The minimum absolute atomic E-state index is 0.280. The molecule has 0 aliphatic carbocycles. The van der Waals surface area contributed by atoms with Crippen molar-refractivity contribution in [1.29, 1.82) is 0 Å². The molecule has 0 bridgehead atoms. The van der Waals surface area contributed by atoms with Gasteiger partial charge in [-0.3, -0.25) is 4.31 Å². The molecule has 1 aromatic heterocycles. The Labute approximate surface area is 126 Å². The molecular formula is C16H20N2O2S. The van der Waals surface area contributed by atoms with E-state index in [1.54, 1.807) is 36.5 Å². The predicted octanol–water partition coefficient (Wildman–Crippen LogP) is 3.42. The highest BCUT2D eigenvalue weighted by Gasteiger charge is 2.22. The Morgan fingerprint density at radius 3 is 2.33 bits per heavy atom. The highest BCUT2D eigenvalue weighted by Crippen LogP contribution is 2.23. The number of anilines is 1. The minimum atomic E-state index is -3.57. The molecule has 1 aromatic carbocycles. The number of nitrogens with zero attached hydrogens (tertiary/aromatic N) is 2. The molecule has 0 aliphatic heterocycles. The Bertz CT molecular complexity index is 682. The van der Waals surface area contributed by atoms with E-state index in [4.69, 9.17) is 0 Å². The molecule has 0 saturated carbocycles. The van der Waals surface area contributed by atoms with E-state index < -0.39 is 10.0 Å². The van der Waals surface area contributed by atoms with E-state index >= 15 is 0 Å². The van der Waals surface area contributed by atoms with Gasteiger partial charge in [0.1, 0.15) is 5.82 Å². The lowest BCUT2D eigenvalue weighted by Gasteiger charge is -2.18. The Kier molecular flexibility index (Phi) is 4.63. The lowest BCUT2D eigenvalue weighted by molar-refractivity contribution is 0.594. The number of benzene rings is 1. The molecule has 21 heavy (non-hydrogen) atoms. The predicted molar refractivity (Wildman–Crippen MR) is 85.0 cm³/mol. The summed E-state index contributed by atoms with van der Waals surface area (Å²) in [5.41, 5.74) is 1.15. The van der Waals surface area contributed by atoms with Gasteiger partial charge in [0.05, 0.1) is 4.90 Å². The van der Waals surface area contributed by atoms with Gasteiger partial charge in [0.25, 0.3) is 10.0 Å². The highest BCUT2D eigenvalue weighted by atomic mass is 32.2. The van der Waals surface area contributed by atoms with Crippen LogP contribution in [0.4, 0.5) is 5.82 Å². The van der Waals surface area contributed by atoms with Crippen molar-refractivity contribution >= 4 is 15.8 Å². The van der Waals surface area contributed by atoms with Crippen LogP contribution in [0.1, 0.15) is 31.7 Å². The van der Waals surface area contributed by atoms with Crippen molar-refractivity contribution in [2.24, 2.45) is 0 Å². The minimum Gasteiger partial charge on any atom is -0.253 e. The van der Waals surface area contributed by atoms with Crippen molar-refractivity contribution < 1.29 is 8.42 Å². The smallest absolute Gasteiger partial charge is 0.253 e. The molecule has 0 spiro atoms. The first-order valence-corrected chi connectivity index (χ1v) is 8.40. The van der Waals surface area contributed by atoms with Crippen LogP contribution in [-0.4, -0.2) is 20.4 Å². The monoisotopic (exact) mass is 304 g/mol. The fourth-order valence-electron chi connectivity index (χ4n) is 2.03. The van der Waals surface area contributed by atoms with Crippen LogP contribution >= 0.6 is 0 Å². The molecule has 0 saturated heterocycles. The Morgan fingerprint density at radius 2 is 1.81 bits per heavy atom. The van der Waals surface area contributed by atoms with E-state index in [9.17, 15) is 8.42 Å². The van der Waals surface area contributed by atoms with Crippen molar-refractivity contribution in [1.82, 2.24) is 4.98 Å².